The van der Waals surface area contributed by atoms with E-state index in [2.05, 4.69) is 32.0 Å². The molecule has 0 N–H and O–H groups in total. The molecule has 22 heavy (non-hydrogen) atoms. The smallest absolute Gasteiger partial charge is 0.139 e. The number of hydrogen-bond acceptors (Lipinski definition) is 1. The molecule has 0 aliphatic heterocycles. The zero-order valence-corrected chi connectivity index (χ0v) is 14.0. The van der Waals surface area contributed by atoms with Crippen molar-refractivity contribution in [2.75, 3.05) is 0 Å². The molecule has 1 aromatic carbocycles. The van der Waals surface area contributed by atoms with Crippen LogP contribution in [0.3, 0.4) is 0 Å². The fourth-order valence-electron chi connectivity index (χ4n) is 5.72. The number of hydrogen-bond donors (Lipinski definition) is 0. The Morgan fingerprint density at radius 3 is 2.95 bits per heavy atom. The van der Waals surface area contributed by atoms with Gasteiger partial charge in [0.2, 0.25) is 0 Å². The van der Waals surface area contributed by atoms with E-state index in [0.29, 0.717) is 17.6 Å². The molecule has 0 unspecified atom stereocenters. The molecule has 3 aliphatic rings. The van der Waals surface area contributed by atoms with Gasteiger partial charge in [-0.15, -0.1) is 0 Å². The van der Waals surface area contributed by atoms with Gasteiger partial charge in [0, 0.05) is 11.8 Å². The Labute approximate surface area is 134 Å². The molecule has 1 nitrogen and oxygen atoms in total. The van der Waals surface area contributed by atoms with E-state index in [4.69, 9.17) is 0 Å². The highest BCUT2D eigenvalue weighted by molar-refractivity contribution is 5.85. The Morgan fingerprint density at radius 2 is 2.14 bits per heavy atom. The third-order valence-electron chi connectivity index (χ3n) is 7.04. The van der Waals surface area contributed by atoms with Gasteiger partial charge in [-0.3, -0.25) is 4.79 Å². The van der Waals surface area contributed by atoms with Crippen molar-refractivity contribution in [2.45, 2.75) is 71.1 Å². The second kappa shape index (κ2) is 5.22. The molecule has 0 bridgehead atoms. The second-order valence-corrected chi connectivity index (χ2v) is 7.98. The molecule has 4 rings (SSSR count). The first-order chi connectivity index (χ1) is 10.6. The lowest BCUT2D eigenvalue weighted by Crippen LogP contribution is -2.49. The maximum absolute atomic E-state index is 12.6. The predicted molar refractivity (Wildman–Crippen MR) is 88.9 cm³/mol. The summed E-state index contributed by atoms with van der Waals surface area (Å²) >= 11 is 0. The minimum Gasteiger partial charge on any atom is -0.299 e. The number of carbonyl (C=O) groups is 1. The Kier molecular flexibility index (Phi) is 3.43. The van der Waals surface area contributed by atoms with Crippen LogP contribution in [-0.2, 0) is 17.6 Å². The third-order valence-corrected chi connectivity index (χ3v) is 7.04. The van der Waals surface area contributed by atoms with Gasteiger partial charge in [0.1, 0.15) is 5.78 Å². The minimum absolute atomic E-state index is 0.00852. The highest BCUT2D eigenvalue weighted by Gasteiger charge is 2.52. The molecular formula is C21H27O. The van der Waals surface area contributed by atoms with Crippen LogP contribution in [0.25, 0.3) is 0 Å². The van der Waals surface area contributed by atoms with E-state index in [-0.39, 0.29) is 5.41 Å². The topological polar surface area (TPSA) is 17.1 Å². The first-order valence-corrected chi connectivity index (χ1v) is 9.20. The largest absolute Gasteiger partial charge is 0.299 e. The molecule has 0 amide bonds. The Morgan fingerprint density at radius 1 is 1.27 bits per heavy atom. The molecule has 1 heteroatoms. The van der Waals surface area contributed by atoms with Gasteiger partial charge in [0.15, 0.2) is 0 Å². The molecule has 0 saturated heterocycles. The lowest BCUT2D eigenvalue weighted by molar-refractivity contribution is -0.140. The Balaban J connectivity index is 1.71. The normalized spacial score (nSPS) is 37.2. The van der Waals surface area contributed by atoms with Gasteiger partial charge in [-0.25, -0.2) is 0 Å². The summed E-state index contributed by atoms with van der Waals surface area (Å²) in [6.45, 7) is 4.50. The van der Waals surface area contributed by atoms with Crippen molar-refractivity contribution in [2.24, 2.45) is 17.3 Å². The number of benzene rings is 1. The van der Waals surface area contributed by atoms with Crippen molar-refractivity contribution < 1.29 is 4.79 Å². The minimum atomic E-state index is -0.00852. The summed E-state index contributed by atoms with van der Waals surface area (Å²) < 4.78 is 0. The van der Waals surface area contributed by atoms with E-state index in [9.17, 15) is 4.79 Å². The zero-order chi connectivity index (χ0) is 15.3. The Hall–Kier alpha value is -1.11. The van der Waals surface area contributed by atoms with Crippen LogP contribution in [0.4, 0.5) is 0 Å². The van der Waals surface area contributed by atoms with Gasteiger partial charge in [0.05, 0.1) is 0 Å². The summed E-state index contributed by atoms with van der Waals surface area (Å²) in [5, 5.41) is 0. The van der Waals surface area contributed by atoms with Gasteiger partial charge in [-0.1, -0.05) is 26.0 Å². The van der Waals surface area contributed by atoms with Crippen LogP contribution in [0.15, 0.2) is 12.1 Å². The first-order valence-electron chi connectivity index (χ1n) is 9.20. The van der Waals surface area contributed by atoms with E-state index >= 15 is 0 Å². The molecule has 3 aliphatic carbocycles. The average molecular weight is 295 g/mol. The number of fused-ring (bicyclic) bond motifs is 5. The third kappa shape index (κ3) is 2.01. The fourth-order valence-corrected chi connectivity index (χ4v) is 5.72. The quantitative estimate of drug-likeness (QED) is 0.723. The van der Waals surface area contributed by atoms with Crippen molar-refractivity contribution in [3.05, 3.63) is 34.9 Å². The van der Waals surface area contributed by atoms with Gasteiger partial charge < -0.3 is 0 Å². The molecule has 1 radical (unpaired) electrons. The van der Waals surface area contributed by atoms with Crippen LogP contribution in [0.2, 0.25) is 0 Å². The fraction of sp³-hybridized carbons (Fsp3) is 0.667. The number of ketones is 1. The van der Waals surface area contributed by atoms with Crippen molar-refractivity contribution in [1.82, 2.24) is 0 Å². The number of carbonyl (C=O) groups excluding carboxylic acids is 1. The maximum atomic E-state index is 12.6. The summed E-state index contributed by atoms with van der Waals surface area (Å²) in [6, 6.07) is 8.14. The molecule has 0 aromatic heterocycles. The van der Waals surface area contributed by atoms with E-state index in [1.807, 2.05) is 0 Å². The van der Waals surface area contributed by atoms with Crippen LogP contribution < -0.4 is 0 Å². The highest BCUT2D eigenvalue weighted by atomic mass is 16.1. The summed E-state index contributed by atoms with van der Waals surface area (Å²) in [4.78, 5) is 12.6. The SMILES string of the molecule is CCc1[c]cc2c(c1)[C@H]1CC[C@]3(C)C(=O)CCC[C@H]3[C@@H]1CC2. The predicted octanol–water partition coefficient (Wildman–Crippen LogP) is 4.86. The Bertz CT molecular complexity index is 602. The molecule has 4 atom stereocenters. The molecule has 0 spiro atoms. The molecule has 2 fully saturated rings. The summed E-state index contributed by atoms with van der Waals surface area (Å²) in [6.07, 6.45) is 9.10. The molecule has 0 heterocycles. The van der Waals surface area contributed by atoms with Gasteiger partial charge >= 0.3 is 0 Å². The van der Waals surface area contributed by atoms with Gasteiger partial charge in [0.25, 0.3) is 0 Å². The highest BCUT2D eigenvalue weighted by Crippen LogP contribution is 2.58. The second-order valence-electron chi connectivity index (χ2n) is 7.98. The van der Waals surface area contributed by atoms with Gasteiger partial charge in [-0.05, 0) is 85.5 Å². The van der Waals surface area contributed by atoms with E-state index in [0.717, 1.165) is 31.6 Å². The van der Waals surface area contributed by atoms with E-state index in [1.54, 1.807) is 5.56 Å². The molecule has 117 valence electrons. The van der Waals surface area contributed by atoms with Crippen LogP contribution in [0, 0.1) is 23.3 Å². The summed E-state index contributed by atoms with van der Waals surface area (Å²) in [5.74, 6) is 2.63. The van der Waals surface area contributed by atoms with E-state index in [1.165, 1.54) is 36.8 Å². The summed E-state index contributed by atoms with van der Waals surface area (Å²) in [7, 11) is 0. The number of aryl methyl sites for hydroxylation is 2. The van der Waals surface area contributed by atoms with Crippen molar-refractivity contribution in [1.29, 1.82) is 0 Å². The number of rotatable bonds is 1. The van der Waals surface area contributed by atoms with Crippen molar-refractivity contribution in [3.8, 4) is 0 Å². The van der Waals surface area contributed by atoms with Crippen molar-refractivity contribution >= 4 is 5.78 Å². The van der Waals surface area contributed by atoms with E-state index < -0.39 is 0 Å². The van der Waals surface area contributed by atoms with Crippen LogP contribution in [0.5, 0.6) is 0 Å². The first kappa shape index (κ1) is 14.5. The monoisotopic (exact) mass is 295 g/mol. The van der Waals surface area contributed by atoms with Crippen LogP contribution >= 0.6 is 0 Å². The molecule has 2 saturated carbocycles. The van der Waals surface area contributed by atoms with Crippen LogP contribution in [0.1, 0.15) is 75.0 Å². The van der Waals surface area contributed by atoms with Gasteiger partial charge in [-0.2, -0.15) is 0 Å². The number of Topliss-reactive ketones (excluding diaryl/α,β-unsaturated/α-hetero) is 1. The van der Waals surface area contributed by atoms with Crippen LogP contribution in [-0.4, -0.2) is 5.78 Å². The lowest BCUT2D eigenvalue weighted by atomic mass is 9.50. The average Bonchev–Trinajstić information content (AvgIpc) is 2.55. The molecular weight excluding hydrogens is 268 g/mol. The maximum Gasteiger partial charge on any atom is 0.139 e. The zero-order valence-electron chi connectivity index (χ0n) is 14.0. The standard InChI is InChI=1S/C21H27O/c1-3-14-7-8-15-9-10-17-16(18(15)13-14)11-12-21(2)19(17)5-4-6-20(21)22/h8,13,16-17,19H,3-6,9-12H2,1-2H3/t16-,17+,19-,21-/m0/s1. The molecule has 1 aromatic rings. The summed E-state index contributed by atoms with van der Waals surface area (Å²) in [5.41, 5.74) is 4.48. The lowest BCUT2D eigenvalue weighted by Gasteiger charge is -2.53. The van der Waals surface area contributed by atoms with Crippen molar-refractivity contribution in [3.63, 3.8) is 0 Å².